The molecule has 1 rings (SSSR count). The Morgan fingerprint density at radius 3 is 2.27 bits per heavy atom. The number of nitrogens with zero attached hydrogens (tertiary/aromatic N) is 3. The topological polar surface area (TPSA) is 62.9 Å². The van der Waals surface area contributed by atoms with Crippen LogP contribution < -0.4 is 5.32 Å². The second kappa shape index (κ2) is 6.21. The second-order valence-electron chi connectivity index (χ2n) is 3.60. The monoisotopic (exact) mass is 222 g/mol. The molecule has 0 bridgehead atoms. The Labute approximate surface area is 95.5 Å². The molecule has 0 aromatic rings. The van der Waals surface area contributed by atoms with E-state index < -0.39 is 0 Å². The third kappa shape index (κ3) is 3.73. The summed E-state index contributed by atoms with van der Waals surface area (Å²) in [5.74, 6) is 0. The minimum absolute atomic E-state index is 0.173. The van der Waals surface area contributed by atoms with Gasteiger partial charge in [0, 0.05) is 6.04 Å². The highest BCUT2D eigenvalue weighted by atomic mass is 32.1. The first-order chi connectivity index (χ1) is 7.27. The summed E-state index contributed by atoms with van der Waals surface area (Å²) in [6.07, 6.45) is 4.73. The number of nitriles is 2. The average molecular weight is 222 g/mol. The highest BCUT2D eigenvalue weighted by Crippen LogP contribution is 2.17. The van der Waals surface area contributed by atoms with E-state index in [1.807, 2.05) is 12.1 Å². The highest BCUT2D eigenvalue weighted by molar-refractivity contribution is 7.80. The zero-order valence-corrected chi connectivity index (χ0v) is 9.39. The summed E-state index contributed by atoms with van der Waals surface area (Å²) in [5.41, 5.74) is 0. The number of thiocarbonyl (C=S) groups is 1. The second-order valence-corrected chi connectivity index (χ2v) is 3.99. The van der Waals surface area contributed by atoms with Crippen molar-refractivity contribution in [2.45, 2.75) is 31.7 Å². The van der Waals surface area contributed by atoms with Crippen molar-refractivity contribution in [2.24, 2.45) is 0 Å². The van der Waals surface area contributed by atoms with Gasteiger partial charge >= 0.3 is 0 Å². The van der Waals surface area contributed by atoms with E-state index in [0.29, 0.717) is 11.2 Å². The molecule has 0 aliphatic heterocycles. The Hall–Kier alpha value is -1.33. The van der Waals surface area contributed by atoms with Crippen LogP contribution in [0.3, 0.4) is 0 Å². The van der Waals surface area contributed by atoms with Crippen LogP contribution in [0.5, 0.6) is 0 Å². The molecule has 0 aromatic carbocycles. The lowest BCUT2D eigenvalue weighted by Crippen LogP contribution is -2.44. The third-order valence-corrected chi connectivity index (χ3v) is 2.87. The maximum atomic E-state index is 8.58. The molecule has 5 heteroatoms. The minimum atomic E-state index is 0.173. The van der Waals surface area contributed by atoms with Crippen molar-refractivity contribution in [2.75, 3.05) is 13.1 Å². The van der Waals surface area contributed by atoms with Gasteiger partial charge in [-0.2, -0.15) is 10.5 Å². The van der Waals surface area contributed by atoms with Crippen LogP contribution in [-0.4, -0.2) is 29.1 Å². The SMILES string of the molecule is N#CCN(CC#N)C(=S)NC1CCCC1. The van der Waals surface area contributed by atoms with Crippen LogP contribution in [0.2, 0.25) is 0 Å². The fourth-order valence-electron chi connectivity index (χ4n) is 1.71. The summed E-state index contributed by atoms with van der Waals surface area (Å²) in [5, 5.41) is 20.9. The first-order valence-corrected chi connectivity index (χ1v) is 5.48. The van der Waals surface area contributed by atoms with Gasteiger partial charge in [0.1, 0.15) is 13.1 Å². The third-order valence-electron chi connectivity index (χ3n) is 2.49. The van der Waals surface area contributed by atoms with Crippen molar-refractivity contribution in [1.29, 1.82) is 10.5 Å². The Bertz CT molecular complexity index is 280. The van der Waals surface area contributed by atoms with Crippen molar-refractivity contribution in [1.82, 2.24) is 10.2 Å². The fourth-order valence-corrected chi connectivity index (χ4v) is 2.00. The molecule has 4 nitrogen and oxygen atoms in total. The van der Waals surface area contributed by atoms with Gasteiger partial charge in [-0.05, 0) is 25.1 Å². The fraction of sp³-hybridized carbons (Fsp3) is 0.700. The van der Waals surface area contributed by atoms with E-state index >= 15 is 0 Å². The lowest BCUT2D eigenvalue weighted by atomic mass is 10.2. The summed E-state index contributed by atoms with van der Waals surface area (Å²) in [6.45, 7) is 0.345. The van der Waals surface area contributed by atoms with Crippen LogP contribution in [-0.2, 0) is 0 Å². The molecular formula is C10H14N4S. The summed E-state index contributed by atoms with van der Waals surface area (Å²) < 4.78 is 0. The van der Waals surface area contributed by atoms with Gasteiger partial charge in [0.25, 0.3) is 0 Å². The van der Waals surface area contributed by atoms with Crippen molar-refractivity contribution < 1.29 is 0 Å². The zero-order valence-electron chi connectivity index (χ0n) is 8.57. The Balaban J connectivity index is 2.41. The first-order valence-electron chi connectivity index (χ1n) is 5.07. The molecule has 1 saturated carbocycles. The molecule has 0 atom stereocenters. The van der Waals surface area contributed by atoms with Crippen LogP contribution in [0.15, 0.2) is 0 Å². The minimum Gasteiger partial charge on any atom is -0.360 e. The molecule has 1 N–H and O–H groups in total. The van der Waals surface area contributed by atoms with E-state index in [0.717, 1.165) is 12.8 Å². The van der Waals surface area contributed by atoms with E-state index in [4.69, 9.17) is 22.7 Å². The van der Waals surface area contributed by atoms with Crippen molar-refractivity contribution >= 4 is 17.3 Å². The number of nitrogens with one attached hydrogen (secondary N) is 1. The van der Waals surface area contributed by atoms with Gasteiger partial charge in [-0.15, -0.1) is 0 Å². The summed E-state index contributed by atoms with van der Waals surface area (Å²) in [6, 6.07) is 4.44. The van der Waals surface area contributed by atoms with Gasteiger partial charge < -0.3 is 10.2 Å². The molecule has 1 aliphatic carbocycles. The van der Waals surface area contributed by atoms with Crippen LogP contribution >= 0.6 is 12.2 Å². The van der Waals surface area contributed by atoms with E-state index in [2.05, 4.69) is 5.32 Å². The Morgan fingerprint density at radius 2 is 1.80 bits per heavy atom. The molecule has 0 unspecified atom stereocenters. The van der Waals surface area contributed by atoms with Crippen molar-refractivity contribution in [3.8, 4) is 12.1 Å². The quantitative estimate of drug-likeness (QED) is 0.573. The van der Waals surface area contributed by atoms with E-state index in [-0.39, 0.29) is 13.1 Å². The van der Waals surface area contributed by atoms with Crippen molar-refractivity contribution in [3.63, 3.8) is 0 Å². The Morgan fingerprint density at radius 1 is 1.27 bits per heavy atom. The molecule has 0 heterocycles. The summed E-state index contributed by atoms with van der Waals surface area (Å²) >= 11 is 5.16. The van der Waals surface area contributed by atoms with Crippen LogP contribution in [0.4, 0.5) is 0 Å². The molecule has 1 aliphatic rings. The van der Waals surface area contributed by atoms with Crippen molar-refractivity contribution in [3.05, 3.63) is 0 Å². The smallest absolute Gasteiger partial charge is 0.170 e. The molecule has 0 spiro atoms. The van der Waals surface area contributed by atoms with Crippen LogP contribution in [0.1, 0.15) is 25.7 Å². The average Bonchev–Trinajstić information content (AvgIpc) is 2.70. The molecule has 15 heavy (non-hydrogen) atoms. The maximum absolute atomic E-state index is 8.58. The van der Waals surface area contributed by atoms with Gasteiger partial charge in [-0.25, -0.2) is 0 Å². The van der Waals surface area contributed by atoms with Gasteiger partial charge in [0.05, 0.1) is 12.1 Å². The van der Waals surface area contributed by atoms with Crippen LogP contribution in [0, 0.1) is 22.7 Å². The molecule has 1 fully saturated rings. The summed E-state index contributed by atoms with van der Waals surface area (Å²) in [4.78, 5) is 1.59. The maximum Gasteiger partial charge on any atom is 0.170 e. The van der Waals surface area contributed by atoms with E-state index in [1.54, 1.807) is 4.90 Å². The number of rotatable bonds is 3. The molecule has 0 saturated heterocycles. The number of hydrogen-bond donors (Lipinski definition) is 1. The lowest BCUT2D eigenvalue weighted by molar-refractivity contribution is 0.489. The van der Waals surface area contributed by atoms with Gasteiger partial charge in [-0.3, -0.25) is 0 Å². The molecule has 80 valence electrons. The zero-order chi connectivity index (χ0) is 11.1. The highest BCUT2D eigenvalue weighted by Gasteiger charge is 2.17. The molecule has 0 amide bonds. The Kier molecular flexibility index (Phi) is 4.86. The first kappa shape index (κ1) is 11.7. The predicted molar refractivity (Wildman–Crippen MR) is 60.8 cm³/mol. The lowest BCUT2D eigenvalue weighted by Gasteiger charge is -2.23. The molecule has 0 radical (unpaired) electrons. The van der Waals surface area contributed by atoms with E-state index in [1.165, 1.54) is 12.8 Å². The predicted octanol–water partition coefficient (Wildman–Crippen LogP) is 1.15. The normalized spacial score (nSPS) is 15.3. The molecular weight excluding hydrogens is 208 g/mol. The van der Waals surface area contributed by atoms with Crippen LogP contribution in [0.25, 0.3) is 0 Å². The largest absolute Gasteiger partial charge is 0.360 e. The standard InChI is InChI=1S/C10H14N4S/c11-5-7-14(8-6-12)10(15)13-9-3-1-2-4-9/h9H,1-4,7-8H2,(H,13,15). The number of hydrogen-bond acceptors (Lipinski definition) is 3. The van der Waals surface area contributed by atoms with Gasteiger partial charge in [-0.1, -0.05) is 12.8 Å². The summed E-state index contributed by atoms with van der Waals surface area (Å²) in [7, 11) is 0. The molecule has 0 aromatic heterocycles. The van der Waals surface area contributed by atoms with E-state index in [9.17, 15) is 0 Å². The van der Waals surface area contributed by atoms with Gasteiger partial charge in [0.15, 0.2) is 5.11 Å². The van der Waals surface area contributed by atoms with Gasteiger partial charge in [0.2, 0.25) is 0 Å².